The lowest BCUT2D eigenvalue weighted by atomic mass is 10.2. The van der Waals surface area contributed by atoms with Gasteiger partial charge in [-0.15, -0.1) is 5.10 Å². The number of aromatic nitrogens is 4. The molecule has 6 nitrogen and oxygen atoms in total. The highest BCUT2D eigenvalue weighted by Gasteiger charge is 2.21. The first-order valence-corrected chi connectivity index (χ1v) is 8.72. The lowest BCUT2D eigenvalue weighted by Crippen LogP contribution is -2.32. The molecule has 0 unspecified atom stereocenters. The van der Waals surface area contributed by atoms with Crippen molar-refractivity contribution in [2.24, 2.45) is 5.92 Å². The van der Waals surface area contributed by atoms with Gasteiger partial charge in [-0.3, -0.25) is 4.79 Å². The van der Waals surface area contributed by atoms with Crippen LogP contribution in [0.2, 0.25) is 0 Å². The van der Waals surface area contributed by atoms with Crippen LogP contribution in [0, 0.1) is 5.92 Å². The topological polar surface area (TPSA) is 72.7 Å². The fourth-order valence-corrected chi connectivity index (χ4v) is 3.02. The van der Waals surface area contributed by atoms with Gasteiger partial charge in [0, 0.05) is 13.1 Å². The van der Waals surface area contributed by atoms with Crippen molar-refractivity contribution in [1.29, 1.82) is 0 Å². The molecule has 1 aromatic heterocycles. The second-order valence-electron chi connectivity index (χ2n) is 5.76. The molecule has 0 bridgehead atoms. The molecule has 0 spiro atoms. The highest BCUT2D eigenvalue weighted by molar-refractivity contribution is 8.00. The van der Waals surface area contributed by atoms with Crippen molar-refractivity contribution in [1.82, 2.24) is 25.5 Å². The summed E-state index contributed by atoms with van der Waals surface area (Å²) in [7, 11) is 0. The largest absolute Gasteiger partial charge is 0.351 e. The molecule has 0 aliphatic carbocycles. The van der Waals surface area contributed by atoms with E-state index in [1.165, 1.54) is 11.8 Å². The number of rotatable bonds is 8. The van der Waals surface area contributed by atoms with Gasteiger partial charge in [0.25, 0.3) is 0 Å². The average molecular weight is 333 g/mol. The number of tetrazole rings is 1. The van der Waals surface area contributed by atoms with E-state index in [4.69, 9.17) is 0 Å². The Bertz CT molecular complexity index is 614. The first-order chi connectivity index (χ1) is 11.1. The zero-order valence-electron chi connectivity index (χ0n) is 13.8. The van der Waals surface area contributed by atoms with E-state index < -0.39 is 0 Å². The number of hydrogen-bond donors (Lipinski definition) is 1. The van der Waals surface area contributed by atoms with E-state index in [9.17, 15) is 4.79 Å². The molecule has 1 N–H and O–H groups in total. The molecule has 1 atom stereocenters. The number of hydrogen-bond acceptors (Lipinski definition) is 5. The zero-order valence-corrected chi connectivity index (χ0v) is 14.6. The van der Waals surface area contributed by atoms with Crippen LogP contribution in [0.15, 0.2) is 35.5 Å². The third-order valence-electron chi connectivity index (χ3n) is 3.26. The third-order valence-corrected chi connectivity index (χ3v) is 4.59. The minimum atomic E-state index is -0.198. The molecular formula is C16H23N5OS. The normalized spacial score (nSPS) is 12.3. The molecule has 2 aromatic rings. The first kappa shape index (κ1) is 17.5. The first-order valence-electron chi connectivity index (χ1n) is 7.84. The maximum atomic E-state index is 12.4. The van der Waals surface area contributed by atoms with Gasteiger partial charge in [-0.2, -0.15) is 0 Å². The minimum absolute atomic E-state index is 0.0143. The maximum absolute atomic E-state index is 12.4. The predicted octanol–water partition coefficient (Wildman–Crippen LogP) is 2.52. The summed E-state index contributed by atoms with van der Waals surface area (Å²) < 4.78 is 1.77. The van der Waals surface area contributed by atoms with Crippen LogP contribution in [-0.2, 0) is 17.9 Å². The Labute approximate surface area is 141 Å². The summed E-state index contributed by atoms with van der Waals surface area (Å²) in [5, 5.41) is 15.2. The lowest BCUT2D eigenvalue weighted by Gasteiger charge is -2.14. The standard InChI is InChI=1S/C16H23N5OS/c1-4-14(15(22)17-10-13-8-6-5-7-9-13)23-16-18-19-20-21(16)11-12(2)3/h5-9,12,14H,4,10-11H2,1-3H3,(H,17,22)/t14-/m1/s1. The molecular weight excluding hydrogens is 310 g/mol. The Morgan fingerprint density at radius 1 is 1.30 bits per heavy atom. The van der Waals surface area contributed by atoms with Crippen LogP contribution in [0.25, 0.3) is 0 Å². The predicted molar refractivity (Wildman–Crippen MR) is 90.9 cm³/mol. The van der Waals surface area contributed by atoms with Crippen molar-refractivity contribution in [3.63, 3.8) is 0 Å². The molecule has 0 aliphatic rings. The monoisotopic (exact) mass is 333 g/mol. The molecule has 0 saturated heterocycles. The molecule has 1 heterocycles. The molecule has 0 saturated carbocycles. The van der Waals surface area contributed by atoms with Crippen LogP contribution >= 0.6 is 11.8 Å². The molecule has 1 aromatic carbocycles. The van der Waals surface area contributed by atoms with E-state index in [1.807, 2.05) is 37.3 Å². The van der Waals surface area contributed by atoms with Crippen LogP contribution in [0.3, 0.4) is 0 Å². The summed E-state index contributed by atoms with van der Waals surface area (Å²) in [6.07, 6.45) is 0.722. The van der Waals surface area contributed by atoms with Gasteiger partial charge in [0.15, 0.2) is 0 Å². The molecule has 124 valence electrons. The summed E-state index contributed by atoms with van der Waals surface area (Å²) in [6, 6.07) is 9.89. The van der Waals surface area contributed by atoms with Crippen molar-refractivity contribution in [2.45, 2.75) is 50.7 Å². The van der Waals surface area contributed by atoms with E-state index in [0.29, 0.717) is 17.6 Å². The lowest BCUT2D eigenvalue weighted by molar-refractivity contribution is -0.120. The second kappa shape index (κ2) is 8.67. The van der Waals surface area contributed by atoms with Crippen LogP contribution in [-0.4, -0.2) is 31.4 Å². The molecule has 1 amide bonds. The Kier molecular flexibility index (Phi) is 6.58. The highest BCUT2D eigenvalue weighted by atomic mass is 32.2. The number of thioether (sulfide) groups is 1. The van der Waals surface area contributed by atoms with E-state index in [-0.39, 0.29) is 11.2 Å². The molecule has 0 radical (unpaired) electrons. The number of carbonyl (C=O) groups excluding carboxylic acids is 1. The van der Waals surface area contributed by atoms with Crippen LogP contribution in [0.4, 0.5) is 0 Å². The van der Waals surface area contributed by atoms with Crippen LogP contribution in [0.5, 0.6) is 0 Å². The van der Waals surface area contributed by atoms with Gasteiger partial charge in [0.05, 0.1) is 5.25 Å². The Balaban J connectivity index is 1.94. The van der Waals surface area contributed by atoms with Gasteiger partial charge < -0.3 is 5.32 Å². The minimum Gasteiger partial charge on any atom is -0.351 e. The van der Waals surface area contributed by atoms with Gasteiger partial charge in [0.1, 0.15) is 0 Å². The molecule has 2 rings (SSSR count). The summed E-state index contributed by atoms with van der Waals surface area (Å²) in [6.45, 7) is 7.50. The summed E-state index contributed by atoms with van der Waals surface area (Å²) in [5.41, 5.74) is 1.09. The average Bonchev–Trinajstić information content (AvgIpc) is 2.97. The number of nitrogens with one attached hydrogen (secondary N) is 1. The van der Waals surface area contributed by atoms with E-state index in [0.717, 1.165) is 18.5 Å². The fraction of sp³-hybridized carbons (Fsp3) is 0.500. The van der Waals surface area contributed by atoms with Crippen molar-refractivity contribution in [3.05, 3.63) is 35.9 Å². The quantitative estimate of drug-likeness (QED) is 0.752. The van der Waals surface area contributed by atoms with Crippen LogP contribution < -0.4 is 5.32 Å². The van der Waals surface area contributed by atoms with Gasteiger partial charge >= 0.3 is 0 Å². The third kappa shape index (κ3) is 5.35. The Morgan fingerprint density at radius 2 is 2.04 bits per heavy atom. The number of nitrogens with zero attached hydrogens (tertiary/aromatic N) is 4. The van der Waals surface area contributed by atoms with Gasteiger partial charge in [-0.1, -0.05) is 62.9 Å². The van der Waals surface area contributed by atoms with Crippen molar-refractivity contribution in [3.8, 4) is 0 Å². The molecule has 7 heteroatoms. The molecule has 23 heavy (non-hydrogen) atoms. The van der Waals surface area contributed by atoms with E-state index in [1.54, 1.807) is 4.68 Å². The number of carbonyl (C=O) groups is 1. The summed E-state index contributed by atoms with van der Waals surface area (Å²) in [4.78, 5) is 12.4. The van der Waals surface area contributed by atoms with E-state index in [2.05, 4.69) is 34.7 Å². The van der Waals surface area contributed by atoms with Crippen LogP contribution in [0.1, 0.15) is 32.8 Å². The van der Waals surface area contributed by atoms with Crippen molar-refractivity contribution >= 4 is 17.7 Å². The van der Waals surface area contributed by atoms with Gasteiger partial charge in [-0.25, -0.2) is 4.68 Å². The van der Waals surface area contributed by atoms with E-state index >= 15 is 0 Å². The highest BCUT2D eigenvalue weighted by Crippen LogP contribution is 2.23. The SMILES string of the molecule is CC[C@@H](Sc1nnnn1CC(C)C)C(=O)NCc1ccccc1. The molecule has 0 fully saturated rings. The Morgan fingerprint density at radius 3 is 2.70 bits per heavy atom. The number of benzene rings is 1. The number of amides is 1. The smallest absolute Gasteiger partial charge is 0.233 e. The van der Waals surface area contributed by atoms with Crippen molar-refractivity contribution in [2.75, 3.05) is 0 Å². The maximum Gasteiger partial charge on any atom is 0.233 e. The van der Waals surface area contributed by atoms with Gasteiger partial charge in [-0.05, 0) is 28.3 Å². The van der Waals surface area contributed by atoms with Gasteiger partial charge in [0.2, 0.25) is 11.1 Å². The van der Waals surface area contributed by atoms with Crippen molar-refractivity contribution < 1.29 is 4.79 Å². The fourth-order valence-electron chi connectivity index (χ4n) is 2.09. The second-order valence-corrected chi connectivity index (χ2v) is 6.93. The Hall–Kier alpha value is -1.89. The summed E-state index contributed by atoms with van der Waals surface area (Å²) >= 11 is 1.42. The molecule has 0 aliphatic heterocycles. The zero-order chi connectivity index (χ0) is 16.7. The summed E-state index contributed by atoms with van der Waals surface area (Å²) in [5.74, 6) is 0.463.